The lowest BCUT2D eigenvalue weighted by Gasteiger charge is -2.03. The highest BCUT2D eigenvalue weighted by Gasteiger charge is 2.06. The van der Waals surface area contributed by atoms with Gasteiger partial charge in [-0.1, -0.05) is 0 Å². The summed E-state index contributed by atoms with van der Waals surface area (Å²) in [5.41, 5.74) is 11.8. The number of hydrogen-bond donors (Lipinski definition) is 3. The lowest BCUT2D eigenvalue weighted by atomic mass is 10.1. The number of benzene rings is 1. The van der Waals surface area contributed by atoms with Gasteiger partial charge in [0.25, 0.3) is 0 Å². The molecule has 0 unspecified atom stereocenters. The molecule has 0 radical (unpaired) electrons. The zero-order valence-electron chi connectivity index (χ0n) is 6.45. The summed E-state index contributed by atoms with van der Waals surface area (Å²) >= 11 is 0. The summed E-state index contributed by atoms with van der Waals surface area (Å²) < 4.78 is 0. The lowest BCUT2D eigenvalue weighted by Crippen LogP contribution is -2.13. The smallest absolute Gasteiger partial charge is 0.249 e. The van der Waals surface area contributed by atoms with Crippen LogP contribution in [-0.2, 0) is 6.61 Å². The number of aliphatic hydroxyl groups is 1. The molecule has 0 aliphatic heterocycles. The Kier molecular flexibility index (Phi) is 2.30. The van der Waals surface area contributed by atoms with Crippen molar-refractivity contribution in [3.63, 3.8) is 0 Å². The third-order valence-electron chi connectivity index (χ3n) is 1.57. The van der Waals surface area contributed by atoms with E-state index >= 15 is 0 Å². The van der Waals surface area contributed by atoms with E-state index in [0.29, 0.717) is 16.8 Å². The second kappa shape index (κ2) is 3.23. The molecule has 0 saturated carbocycles. The van der Waals surface area contributed by atoms with Crippen molar-refractivity contribution < 1.29 is 9.90 Å². The molecule has 1 rings (SSSR count). The van der Waals surface area contributed by atoms with E-state index in [1.54, 1.807) is 6.07 Å². The van der Waals surface area contributed by atoms with Crippen LogP contribution < -0.4 is 11.5 Å². The predicted molar refractivity (Wildman–Crippen MR) is 45.3 cm³/mol. The van der Waals surface area contributed by atoms with E-state index in [-0.39, 0.29) is 6.61 Å². The number of carbonyl (C=O) groups is 1. The highest BCUT2D eigenvalue weighted by atomic mass is 16.3. The number of hydrogen-bond acceptors (Lipinski definition) is 3. The van der Waals surface area contributed by atoms with E-state index in [4.69, 9.17) is 16.6 Å². The average Bonchev–Trinajstić information content (AvgIpc) is 2.03. The number of nitrogens with two attached hydrogens (primary N) is 2. The van der Waals surface area contributed by atoms with Crippen molar-refractivity contribution in [3.8, 4) is 0 Å². The zero-order chi connectivity index (χ0) is 9.14. The van der Waals surface area contributed by atoms with Crippen molar-refractivity contribution in [2.75, 3.05) is 5.73 Å². The largest absolute Gasteiger partial charge is 0.399 e. The van der Waals surface area contributed by atoms with Crippen LogP contribution in [0.2, 0.25) is 0 Å². The van der Waals surface area contributed by atoms with E-state index in [9.17, 15) is 4.79 Å². The molecule has 0 saturated heterocycles. The van der Waals surface area contributed by atoms with Gasteiger partial charge < -0.3 is 16.6 Å². The van der Waals surface area contributed by atoms with Crippen LogP contribution in [0.4, 0.5) is 5.69 Å². The summed E-state index contributed by atoms with van der Waals surface area (Å²) in [5.74, 6) is -0.556. The van der Waals surface area contributed by atoms with E-state index in [2.05, 4.69) is 0 Å². The van der Waals surface area contributed by atoms with Crippen molar-refractivity contribution >= 4 is 11.6 Å². The van der Waals surface area contributed by atoms with Crippen LogP contribution in [-0.4, -0.2) is 11.0 Å². The standard InChI is InChI=1S/C8H10N2O2/c9-6-1-2-7(8(10)12)5(3-6)4-11/h1-3,11H,4,9H2,(H2,10,12). The first kappa shape index (κ1) is 8.55. The molecule has 0 bridgehead atoms. The molecule has 0 heterocycles. The van der Waals surface area contributed by atoms with Crippen molar-refractivity contribution in [2.24, 2.45) is 5.73 Å². The van der Waals surface area contributed by atoms with Gasteiger partial charge in [-0.2, -0.15) is 0 Å². The Balaban J connectivity index is 3.20. The fourth-order valence-electron chi connectivity index (χ4n) is 0.985. The molecule has 0 aliphatic carbocycles. The van der Waals surface area contributed by atoms with E-state index in [1.807, 2.05) is 0 Å². The van der Waals surface area contributed by atoms with Gasteiger partial charge in [-0.3, -0.25) is 4.79 Å². The van der Waals surface area contributed by atoms with Gasteiger partial charge in [-0.25, -0.2) is 0 Å². The number of primary amides is 1. The fourth-order valence-corrected chi connectivity index (χ4v) is 0.985. The second-order valence-corrected chi connectivity index (χ2v) is 2.44. The Labute approximate surface area is 69.8 Å². The van der Waals surface area contributed by atoms with Crippen molar-refractivity contribution in [2.45, 2.75) is 6.61 Å². The summed E-state index contributed by atoms with van der Waals surface area (Å²) in [5, 5.41) is 8.83. The van der Waals surface area contributed by atoms with Gasteiger partial charge in [0.2, 0.25) is 5.91 Å². The van der Waals surface area contributed by atoms with Crippen LogP contribution in [0.3, 0.4) is 0 Å². The summed E-state index contributed by atoms with van der Waals surface area (Å²) in [7, 11) is 0. The number of aliphatic hydroxyl groups excluding tert-OH is 1. The molecule has 1 aromatic rings. The highest BCUT2D eigenvalue weighted by molar-refractivity contribution is 5.94. The maximum atomic E-state index is 10.8. The number of carbonyl (C=O) groups excluding carboxylic acids is 1. The van der Waals surface area contributed by atoms with E-state index in [0.717, 1.165) is 0 Å². The molecule has 0 fully saturated rings. The Bertz CT molecular complexity index is 310. The number of rotatable bonds is 2. The molecule has 4 nitrogen and oxygen atoms in total. The number of amides is 1. The van der Waals surface area contributed by atoms with Gasteiger partial charge in [0.15, 0.2) is 0 Å². The van der Waals surface area contributed by atoms with Crippen LogP contribution in [0.25, 0.3) is 0 Å². The van der Waals surface area contributed by atoms with Gasteiger partial charge in [-0.15, -0.1) is 0 Å². The summed E-state index contributed by atoms with van der Waals surface area (Å²) in [6.45, 7) is -0.233. The molecule has 4 heteroatoms. The Hall–Kier alpha value is -1.55. The molecule has 0 spiro atoms. The molecule has 0 aromatic heterocycles. The maximum Gasteiger partial charge on any atom is 0.249 e. The maximum absolute atomic E-state index is 10.8. The Morgan fingerprint density at radius 1 is 1.50 bits per heavy atom. The van der Waals surface area contributed by atoms with Crippen LogP contribution in [0.15, 0.2) is 18.2 Å². The minimum Gasteiger partial charge on any atom is -0.399 e. The normalized spacial score (nSPS) is 9.75. The first-order valence-electron chi connectivity index (χ1n) is 3.44. The Morgan fingerprint density at radius 3 is 2.67 bits per heavy atom. The van der Waals surface area contributed by atoms with Gasteiger partial charge in [-0.05, 0) is 23.8 Å². The van der Waals surface area contributed by atoms with Crippen molar-refractivity contribution in [1.29, 1.82) is 0 Å². The number of anilines is 1. The third kappa shape index (κ3) is 1.54. The Morgan fingerprint density at radius 2 is 2.17 bits per heavy atom. The molecule has 64 valence electrons. The van der Waals surface area contributed by atoms with Crippen molar-refractivity contribution in [1.82, 2.24) is 0 Å². The SMILES string of the molecule is NC(=O)c1ccc(N)cc1CO. The monoisotopic (exact) mass is 166 g/mol. The van der Waals surface area contributed by atoms with E-state index < -0.39 is 5.91 Å². The first-order valence-corrected chi connectivity index (χ1v) is 3.44. The molecule has 0 aliphatic rings. The average molecular weight is 166 g/mol. The molecule has 1 aromatic carbocycles. The third-order valence-corrected chi connectivity index (χ3v) is 1.57. The summed E-state index contributed by atoms with van der Waals surface area (Å²) in [6, 6.07) is 4.60. The molecule has 12 heavy (non-hydrogen) atoms. The molecule has 5 N–H and O–H groups in total. The number of nitrogen functional groups attached to an aromatic ring is 1. The predicted octanol–water partition coefficient (Wildman–Crippen LogP) is -0.140. The van der Waals surface area contributed by atoms with Crippen molar-refractivity contribution in [3.05, 3.63) is 29.3 Å². The fraction of sp³-hybridized carbons (Fsp3) is 0.125. The molecule has 1 amide bonds. The topological polar surface area (TPSA) is 89.3 Å². The molecule has 0 atom stereocenters. The molecular weight excluding hydrogens is 156 g/mol. The van der Waals surface area contributed by atoms with Gasteiger partial charge >= 0.3 is 0 Å². The first-order chi connectivity index (χ1) is 5.65. The molecular formula is C8H10N2O2. The lowest BCUT2D eigenvalue weighted by molar-refractivity contribution is 0.0997. The zero-order valence-corrected chi connectivity index (χ0v) is 6.45. The van der Waals surface area contributed by atoms with Crippen LogP contribution in [0.5, 0.6) is 0 Å². The summed E-state index contributed by atoms with van der Waals surface area (Å²) in [6.07, 6.45) is 0. The quantitative estimate of drug-likeness (QED) is 0.534. The van der Waals surface area contributed by atoms with Crippen LogP contribution in [0.1, 0.15) is 15.9 Å². The van der Waals surface area contributed by atoms with Gasteiger partial charge in [0.05, 0.1) is 6.61 Å². The van der Waals surface area contributed by atoms with Crippen LogP contribution in [0, 0.1) is 0 Å². The van der Waals surface area contributed by atoms with Crippen LogP contribution >= 0.6 is 0 Å². The minimum atomic E-state index is -0.556. The van der Waals surface area contributed by atoms with Gasteiger partial charge in [0.1, 0.15) is 0 Å². The van der Waals surface area contributed by atoms with E-state index in [1.165, 1.54) is 12.1 Å². The second-order valence-electron chi connectivity index (χ2n) is 2.44. The minimum absolute atomic E-state index is 0.233. The highest BCUT2D eigenvalue weighted by Crippen LogP contribution is 2.12. The summed E-state index contributed by atoms with van der Waals surface area (Å²) in [4.78, 5) is 10.8. The van der Waals surface area contributed by atoms with Gasteiger partial charge in [0, 0.05) is 11.3 Å².